The molecule has 0 saturated carbocycles. The van der Waals surface area contributed by atoms with Gasteiger partial charge in [-0.05, 0) is 0 Å². The molecule has 0 bridgehead atoms. The molecular formula is C11H19NO4S. The van der Waals surface area contributed by atoms with Gasteiger partial charge in [0.25, 0.3) is 0 Å². The highest BCUT2D eigenvalue weighted by Crippen LogP contribution is 2.09. The van der Waals surface area contributed by atoms with Crippen LogP contribution in [0.4, 0.5) is 0 Å². The van der Waals surface area contributed by atoms with Crippen molar-refractivity contribution in [3.05, 3.63) is 0 Å². The highest BCUT2D eigenvalue weighted by Gasteiger charge is 2.15. The van der Waals surface area contributed by atoms with Crippen molar-refractivity contribution < 1.29 is 19.5 Å². The van der Waals surface area contributed by atoms with Crippen molar-refractivity contribution in [1.82, 2.24) is 5.32 Å². The number of aliphatic carboxylic acids is 1. The van der Waals surface area contributed by atoms with Gasteiger partial charge in [0.1, 0.15) is 6.29 Å². The molecule has 0 aliphatic carbocycles. The Labute approximate surface area is 105 Å². The monoisotopic (exact) mass is 261 g/mol. The third-order valence-corrected chi connectivity index (χ3v) is 2.92. The zero-order valence-electron chi connectivity index (χ0n) is 10.2. The number of carboxylic acid groups (broad SMARTS) is 1. The van der Waals surface area contributed by atoms with E-state index in [-0.39, 0.29) is 18.0 Å². The zero-order valence-corrected chi connectivity index (χ0v) is 11.0. The molecule has 98 valence electrons. The number of carbonyl (C=O) groups excluding carboxylic acids is 2. The minimum absolute atomic E-state index is 0.0693. The van der Waals surface area contributed by atoms with Crippen LogP contribution in [-0.2, 0) is 14.4 Å². The summed E-state index contributed by atoms with van der Waals surface area (Å²) < 4.78 is 0. The largest absolute Gasteiger partial charge is 0.481 e. The summed E-state index contributed by atoms with van der Waals surface area (Å²) in [4.78, 5) is 32.0. The summed E-state index contributed by atoms with van der Waals surface area (Å²) in [7, 11) is 0. The van der Waals surface area contributed by atoms with E-state index < -0.39 is 11.4 Å². The Bertz CT molecular complexity index is 279. The van der Waals surface area contributed by atoms with Gasteiger partial charge < -0.3 is 15.2 Å². The molecule has 0 rings (SSSR count). The first-order valence-corrected chi connectivity index (χ1v) is 6.40. The van der Waals surface area contributed by atoms with E-state index >= 15 is 0 Å². The third kappa shape index (κ3) is 10.0. The summed E-state index contributed by atoms with van der Waals surface area (Å²) in [6.07, 6.45) is 0.850. The SMILES string of the molecule is CC(C)(C=O)CNCCSC(=O)CCC(=O)O. The van der Waals surface area contributed by atoms with Gasteiger partial charge in [0.15, 0.2) is 5.12 Å². The lowest BCUT2D eigenvalue weighted by atomic mass is 9.96. The van der Waals surface area contributed by atoms with E-state index in [1.165, 1.54) is 0 Å². The number of hydrogen-bond donors (Lipinski definition) is 2. The van der Waals surface area contributed by atoms with Gasteiger partial charge in [-0.15, -0.1) is 0 Å². The number of rotatable bonds is 9. The van der Waals surface area contributed by atoms with Crippen LogP contribution in [0.25, 0.3) is 0 Å². The Morgan fingerprint density at radius 2 is 2.00 bits per heavy atom. The lowest BCUT2D eigenvalue weighted by Gasteiger charge is -2.16. The van der Waals surface area contributed by atoms with Crippen molar-refractivity contribution in [2.75, 3.05) is 18.8 Å². The van der Waals surface area contributed by atoms with Gasteiger partial charge >= 0.3 is 5.97 Å². The Balaban J connectivity index is 3.48. The maximum atomic E-state index is 11.2. The fraction of sp³-hybridized carbons (Fsp3) is 0.727. The van der Waals surface area contributed by atoms with Crippen LogP contribution in [-0.4, -0.2) is 41.3 Å². The highest BCUT2D eigenvalue weighted by atomic mass is 32.2. The fourth-order valence-corrected chi connectivity index (χ4v) is 1.69. The van der Waals surface area contributed by atoms with E-state index in [0.29, 0.717) is 18.8 Å². The van der Waals surface area contributed by atoms with Crippen LogP contribution < -0.4 is 5.32 Å². The van der Waals surface area contributed by atoms with Crippen LogP contribution in [0.5, 0.6) is 0 Å². The quantitative estimate of drug-likeness (QED) is 0.474. The molecular weight excluding hydrogens is 242 g/mol. The van der Waals surface area contributed by atoms with Gasteiger partial charge in [-0.1, -0.05) is 25.6 Å². The van der Waals surface area contributed by atoms with Gasteiger partial charge in [0, 0.05) is 30.7 Å². The van der Waals surface area contributed by atoms with Crippen molar-refractivity contribution in [2.24, 2.45) is 5.41 Å². The molecule has 0 aromatic rings. The second-order valence-corrected chi connectivity index (χ2v) is 5.55. The Hall–Kier alpha value is -0.880. The molecule has 0 aliphatic heterocycles. The fourth-order valence-electron chi connectivity index (χ4n) is 0.970. The molecule has 0 radical (unpaired) electrons. The number of thioether (sulfide) groups is 1. The molecule has 0 aromatic carbocycles. The molecule has 0 atom stereocenters. The molecule has 0 heterocycles. The third-order valence-electron chi connectivity index (χ3n) is 1.98. The van der Waals surface area contributed by atoms with E-state index in [1.807, 2.05) is 13.8 Å². The summed E-state index contributed by atoms with van der Waals surface area (Å²) >= 11 is 1.12. The van der Waals surface area contributed by atoms with E-state index in [4.69, 9.17) is 5.11 Å². The minimum Gasteiger partial charge on any atom is -0.481 e. The average Bonchev–Trinajstić information content (AvgIpc) is 2.25. The molecule has 0 fully saturated rings. The Morgan fingerprint density at radius 3 is 2.53 bits per heavy atom. The number of carbonyl (C=O) groups is 3. The summed E-state index contributed by atoms with van der Waals surface area (Å²) in [5.74, 6) is -0.363. The molecule has 0 aliphatic rings. The number of carboxylic acids is 1. The van der Waals surface area contributed by atoms with E-state index in [2.05, 4.69) is 5.32 Å². The predicted octanol–water partition coefficient (Wildman–Crippen LogP) is 0.926. The van der Waals surface area contributed by atoms with Crippen LogP contribution in [0.2, 0.25) is 0 Å². The van der Waals surface area contributed by atoms with Crippen LogP contribution >= 0.6 is 11.8 Å². The van der Waals surface area contributed by atoms with E-state index in [1.54, 1.807) is 0 Å². The standard InChI is InChI=1S/C11H19NO4S/c1-11(2,8-13)7-12-5-6-17-10(16)4-3-9(14)15/h8,12H,3-7H2,1-2H3,(H,14,15). The molecule has 5 nitrogen and oxygen atoms in total. The van der Waals surface area contributed by atoms with Gasteiger partial charge in [-0.2, -0.15) is 0 Å². The predicted molar refractivity (Wildman–Crippen MR) is 67.0 cm³/mol. The average molecular weight is 261 g/mol. The van der Waals surface area contributed by atoms with Crippen LogP contribution in [0.15, 0.2) is 0 Å². The molecule has 2 N–H and O–H groups in total. The first-order valence-electron chi connectivity index (χ1n) is 5.42. The number of aldehydes is 1. The van der Waals surface area contributed by atoms with E-state index in [9.17, 15) is 14.4 Å². The molecule has 0 spiro atoms. The van der Waals surface area contributed by atoms with Gasteiger partial charge in [-0.3, -0.25) is 9.59 Å². The number of nitrogens with one attached hydrogen (secondary N) is 1. The zero-order chi connectivity index (χ0) is 13.3. The molecule has 0 unspecified atom stereocenters. The van der Waals surface area contributed by atoms with Crippen molar-refractivity contribution in [1.29, 1.82) is 0 Å². The first kappa shape index (κ1) is 16.1. The van der Waals surface area contributed by atoms with Crippen molar-refractivity contribution in [2.45, 2.75) is 26.7 Å². The van der Waals surface area contributed by atoms with Crippen LogP contribution in [0, 0.1) is 5.41 Å². The van der Waals surface area contributed by atoms with Gasteiger partial charge in [0.05, 0.1) is 6.42 Å². The van der Waals surface area contributed by atoms with E-state index in [0.717, 1.165) is 18.0 Å². The maximum absolute atomic E-state index is 11.2. The second-order valence-electron chi connectivity index (χ2n) is 4.40. The lowest BCUT2D eigenvalue weighted by Crippen LogP contribution is -2.32. The van der Waals surface area contributed by atoms with Crippen molar-refractivity contribution in [3.63, 3.8) is 0 Å². The smallest absolute Gasteiger partial charge is 0.303 e. The number of hydrogen-bond acceptors (Lipinski definition) is 5. The van der Waals surface area contributed by atoms with Crippen LogP contribution in [0.3, 0.4) is 0 Å². The second kappa shape index (κ2) is 8.25. The molecule has 17 heavy (non-hydrogen) atoms. The Kier molecular flexibility index (Phi) is 7.82. The van der Waals surface area contributed by atoms with Gasteiger partial charge in [0.2, 0.25) is 0 Å². The first-order chi connectivity index (χ1) is 7.87. The van der Waals surface area contributed by atoms with Crippen molar-refractivity contribution >= 4 is 29.1 Å². The molecule has 0 saturated heterocycles. The highest BCUT2D eigenvalue weighted by molar-refractivity contribution is 8.13. The molecule has 0 aromatic heterocycles. The van der Waals surface area contributed by atoms with Gasteiger partial charge in [-0.25, -0.2) is 0 Å². The molecule has 0 amide bonds. The maximum Gasteiger partial charge on any atom is 0.303 e. The Morgan fingerprint density at radius 1 is 1.35 bits per heavy atom. The minimum atomic E-state index is -0.954. The lowest BCUT2D eigenvalue weighted by molar-refractivity contribution is -0.137. The van der Waals surface area contributed by atoms with Crippen molar-refractivity contribution in [3.8, 4) is 0 Å². The summed E-state index contributed by atoms with van der Waals surface area (Å²) in [5.41, 5.74) is -0.391. The summed E-state index contributed by atoms with van der Waals surface area (Å²) in [5, 5.41) is 11.4. The normalized spacial score (nSPS) is 11.2. The summed E-state index contributed by atoms with van der Waals surface area (Å²) in [6.45, 7) is 4.86. The van der Waals surface area contributed by atoms with Crippen LogP contribution in [0.1, 0.15) is 26.7 Å². The molecule has 6 heteroatoms. The summed E-state index contributed by atoms with van der Waals surface area (Å²) in [6, 6.07) is 0. The topological polar surface area (TPSA) is 83.5 Å².